The van der Waals surface area contributed by atoms with E-state index in [9.17, 15) is 0 Å². The Morgan fingerprint density at radius 1 is 0.762 bits per heavy atom. The topological polar surface area (TPSA) is 0 Å². The van der Waals surface area contributed by atoms with Crippen molar-refractivity contribution in [1.82, 2.24) is 0 Å². The third-order valence-corrected chi connectivity index (χ3v) is 10.5. The van der Waals surface area contributed by atoms with Gasteiger partial charge in [-0.05, 0) is 87.8 Å². The van der Waals surface area contributed by atoms with E-state index in [0.717, 1.165) is 25.7 Å². The normalized spacial score (nSPS) is 22.7. The van der Waals surface area contributed by atoms with Crippen molar-refractivity contribution >= 4 is 0 Å². The summed E-state index contributed by atoms with van der Waals surface area (Å²) in [6, 6.07) is 14.7. The Kier molecular flexibility index (Phi) is 7.49. The fraction of sp³-hybridized carbons (Fsp3) is 0.429. The summed E-state index contributed by atoms with van der Waals surface area (Å²) in [5.41, 5.74) is 12.2. The van der Waals surface area contributed by atoms with Crippen molar-refractivity contribution in [2.45, 2.75) is 97.3 Å². The molecular formula is C42H50. The average molecular weight is 555 g/mol. The number of benzene rings is 2. The predicted molar refractivity (Wildman–Crippen MR) is 182 cm³/mol. The summed E-state index contributed by atoms with van der Waals surface area (Å²) in [6.07, 6.45) is 29.5. The Morgan fingerprint density at radius 2 is 1.40 bits per heavy atom. The number of fused-ring (bicyclic) bond motifs is 4. The standard InChI is InChI=1S/C42H50/c1-40(2,3)32-22-24-35-36-25-23-33(41(4,5)6)28-38(36)39(37(35)27-32)42(7,31-17-11-12-18-31)26-14-8-9-15-29-20-21-30-16-10-13-19-34(29)30/h8-11,13,16-20,22-25,27-28,30,34,39H,12,14-15,21,26H2,1-7H3/b9-8+. The molecule has 0 saturated carbocycles. The van der Waals surface area contributed by atoms with E-state index in [1.807, 2.05) is 0 Å². The molecule has 0 nitrogen and oxygen atoms in total. The van der Waals surface area contributed by atoms with Gasteiger partial charge in [0.25, 0.3) is 0 Å². The van der Waals surface area contributed by atoms with E-state index < -0.39 is 0 Å². The van der Waals surface area contributed by atoms with Crippen molar-refractivity contribution in [3.05, 3.63) is 131 Å². The molecule has 2 aromatic rings. The maximum Gasteiger partial charge on any atom is 0.0196 e. The van der Waals surface area contributed by atoms with Gasteiger partial charge in [0, 0.05) is 17.3 Å². The molecule has 0 heteroatoms. The minimum absolute atomic E-state index is 0.0129. The Labute approximate surface area is 255 Å². The van der Waals surface area contributed by atoms with Crippen molar-refractivity contribution in [3.8, 4) is 11.1 Å². The molecule has 6 rings (SSSR count). The monoisotopic (exact) mass is 554 g/mol. The second kappa shape index (κ2) is 10.9. The quantitative estimate of drug-likeness (QED) is 0.299. The van der Waals surface area contributed by atoms with Gasteiger partial charge in [0.05, 0.1) is 0 Å². The van der Waals surface area contributed by atoms with E-state index in [1.54, 1.807) is 5.57 Å². The van der Waals surface area contributed by atoms with Crippen LogP contribution in [0.25, 0.3) is 11.1 Å². The molecule has 3 atom stereocenters. The van der Waals surface area contributed by atoms with E-state index in [2.05, 4.69) is 146 Å². The molecule has 2 aromatic carbocycles. The van der Waals surface area contributed by atoms with Gasteiger partial charge in [-0.15, -0.1) is 0 Å². The molecule has 0 saturated heterocycles. The first-order chi connectivity index (χ1) is 20.0. The van der Waals surface area contributed by atoms with Gasteiger partial charge in [0.2, 0.25) is 0 Å². The minimum atomic E-state index is 0.0129. The summed E-state index contributed by atoms with van der Waals surface area (Å²) in [6.45, 7) is 16.6. The lowest BCUT2D eigenvalue weighted by Gasteiger charge is -2.39. The van der Waals surface area contributed by atoms with Gasteiger partial charge in [-0.3, -0.25) is 0 Å². The second-order valence-electron chi connectivity index (χ2n) is 15.4. The second-order valence-corrected chi connectivity index (χ2v) is 15.4. The van der Waals surface area contributed by atoms with Crippen LogP contribution in [0.15, 0.2) is 108 Å². The first-order valence-corrected chi connectivity index (χ1v) is 16.3. The molecule has 42 heavy (non-hydrogen) atoms. The maximum atomic E-state index is 2.56. The SMILES string of the molecule is CC(C)(C)c1ccc2c(c1)C(C(C)(CC/C=C/CC1=CCC3C=CC=CC13)C1=CCC=C1)c1cc(C(C)(C)C)ccc1-2. The highest BCUT2D eigenvalue weighted by Gasteiger charge is 2.44. The highest BCUT2D eigenvalue weighted by Crippen LogP contribution is 2.59. The summed E-state index contributed by atoms with van der Waals surface area (Å²) < 4.78 is 0. The molecule has 4 aliphatic rings. The lowest BCUT2D eigenvalue weighted by atomic mass is 9.64. The molecule has 0 spiro atoms. The fourth-order valence-electron chi connectivity index (χ4n) is 7.86. The van der Waals surface area contributed by atoms with E-state index in [1.165, 1.54) is 45.4 Å². The number of allylic oxidation sites excluding steroid dienone is 12. The Balaban J connectivity index is 1.35. The van der Waals surface area contributed by atoms with Crippen LogP contribution in [0.5, 0.6) is 0 Å². The molecule has 0 aliphatic heterocycles. The zero-order valence-corrected chi connectivity index (χ0v) is 27.0. The number of rotatable bonds is 7. The van der Waals surface area contributed by atoms with Gasteiger partial charge in [-0.2, -0.15) is 0 Å². The number of hydrogen-bond acceptors (Lipinski definition) is 0. The minimum Gasteiger partial charge on any atom is -0.0882 e. The molecule has 0 aromatic heterocycles. The first-order valence-electron chi connectivity index (χ1n) is 16.3. The summed E-state index contributed by atoms with van der Waals surface area (Å²) in [5, 5.41) is 0. The van der Waals surface area contributed by atoms with Crippen LogP contribution in [0.2, 0.25) is 0 Å². The largest absolute Gasteiger partial charge is 0.0882 e. The van der Waals surface area contributed by atoms with Crippen LogP contribution in [-0.4, -0.2) is 0 Å². The van der Waals surface area contributed by atoms with Gasteiger partial charge >= 0.3 is 0 Å². The van der Waals surface area contributed by atoms with Crippen molar-refractivity contribution in [3.63, 3.8) is 0 Å². The first kappa shape index (κ1) is 29.0. The van der Waals surface area contributed by atoms with E-state index in [4.69, 9.17) is 0 Å². The summed E-state index contributed by atoms with van der Waals surface area (Å²) >= 11 is 0. The summed E-state index contributed by atoms with van der Waals surface area (Å²) in [4.78, 5) is 0. The Morgan fingerprint density at radius 3 is 2.00 bits per heavy atom. The highest BCUT2D eigenvalue weighted by atomic mass is 14.5. The predicted octanol–water partition coefficient (Wildman–Crippen LogP) is 11.7. The lowest BCUT2D eigenvalue weighted by molar-refractivity contribution is 0.332. The highest BCUT2D eigenvalue weighted by molar-refractivity contribution is 5.81. The van der Waals surface area contributed by atoms with Gasteiger partial charge in [0.15, 0.2) is 0 Å². The van der Waals surface area contributed by atoms with Gasteiger partial charge in [0.1, 0.15) is 0 Å². The zero-order valence-electron chi connectivity index (χ0n) is 27.0. The molecule has 0 radical (unpaired) electrons. The molecule has 0 N–H and O–H groups in total. The summed E-state index contributed by atoms with van der Waals surface area (Å²) in [7, 11) is 0. The molecule has 0 amide bonds. The lowest BCUT2D eigenvalue weighted by Crippen LogP contribution is -2.28. The molecule has 4 aliphatic carbocycles. The fourth-order valence-corrected chi connectivity index (χ4v) is 7.86. The molecule has 0 bridgehead atoms. The van der Waals surface area contributed by atoms with Crippen LogP contribution >= 0.6 is 0 Å². The smallest absolute Gasteiger partial charge is 0.0196 e. The van der Waals surface area contributed by atoms with Gasteiger partial charge < -0.3 is 0 Å². The number of hydrogen-bond donors (Lipinski definition) is 0. The van der Waals surface area contributed by atoms with Crippen molar-refractivity contribution in [2.24, 2.45) is 17.3 Å². The Bertz CT molecular complexity index is 1470. The molecule has 0 heterocycles. The summed E-state index contributed by atoms with van der Waals surface area (Å²) in [5.74, 6) is 1.63. The third-order valence-electron chi connectivity index (χ3n) is 10.5. The molecule has 0 fully saturated rings. The van der Waals surface area contributed by atoms with E-state index >= 15 is 0 Å². The van der Waals surface area contributed by atoms with Gasteiger partial charge in [-0.25, -0.2) is 0 Å². The van der Waals surface area contributed by atoms with Crippen LogP contribution in [0.4, 0.5) is 0 Å². The van der Waals surface area contributed by atoms with Crippen molar-refractivity contribution in [2.75, 3.05) is 0 Å². The van der Waals surface area contributed by atoms with Crippen LogP contribution in [-0.2, 0) is 10.8 Å². The van der Waals surface area contributed by atoms with Crippen LogP contribution in [0.3, 0.4) is 0 Å². The maximum absolute atomic E-state index is 2.56. The van der Waals surface area contributed by atoms with E-state index in [-0.39, 0.29) is 16.2 Å². The molecule has 3 unspecified atom stereocenters. The van der Waals surface area contributed by atoms with Crippen LogP contribution in [0.1, 0.15) is 109 Å². The molecule has 218 valence electrons. The van der Waals surface area contributed by atoms with Crippen LogP contribution in [0, 0.1) is 17.3 Å². The van der Waals surface area contributed by atoms with Crippen LogP contribution < -0.4 is 0 Å². The van der Waals surface area contributed by atoms with Gasteiger partial charge in [-0.1, -0.05) is 151 Å². The zero-order chi connectivity index (χ0) is 29.7. The van der Waals surface area contributed by atoms with Crippen molar-refractivity contribution in [1.29, 1.82) is 0 Å². The Hall–Kier alpha value is -3.12. The third kappa shape index (κ3) is 5.27. The van der Waals surface area contributed by atoms with E-state index in [0.29, 0.717) is 17.8 Å². The van der Waals surface area contributed by atoms with Crippen molar-refractivity contribution < 1.29 is 0 Å². The average Bonchev–Trinajstić information content (AvgIpc) is 3.69. The molecular weight excluding hydrogens is 504 g/mol.